The average molecular weight is 271 g/mol. The molecule has 1 aliphatic rings. The molecular weight excluding hydrogens is 242 g/mol. The van der Waals surface area contributed by atoms with Gasteiger partial charge in [-0.2, -0.15) is 0 Å². The van der Waals surface area contributed by atoms with E-state index in [1.54, 1.807) is 0 Å². The quantitative estimate of drug-likeness (QED) is 0.517. The average Bonchev–Trinajstić information content (AvgIpc) is 2.43. The Morgan fingerprint density at radius 1 is 1.26 bits per heavy atom. The van der Waals surface area contributed by atoms with E-state index < -0.39 is 0 Å². The summed E-state index contributed by atoms with van der Waals surface area (Å²) >= 11 is 0. The fraction of sp³-hybridized carbons (Fsp3) is 0.933. The van der Waals surface area contributed by atoms with Crippen LogP contribution in [0.1, 0.15) is 52.4 Å². The molecule has 0 amide bonds. The highest BCUT2D eigenvalue weighted by Gasteiger charge is 2.19. The molecule has 0 aliphatic heterocycles. The summed E-state index contributed by atoms with van der Waals surface area (Å²) in [7, 11) is 0. The molecule has 0 spiro atoms. The normalized spacial score (nSPS) is 18.2. The van der Waals surface area contributed by atoms with Crippen molar-refractivity contribution in [2.24, 2.45) is 5.92 Å². The number of hydrogen-bond acceptors (Lipinski definition) is 4. The molecule has 1 rings (SSSR count). The predicted molar refractivity (Wildman–Crippen MR) is 76.1 cm³/mol. The van der Waals surface area contributed by atoms with E-state index in [-0.39, 0.29) is 12.0 Å². The smallest absolute Gasteiger partial charge is 0.323 e. The van der Waals surface area contributed by atoms with Gasteiger partial charge in [-0.1, -0.05) is 26.2 Å². The number of nitrogens with one attached hydrogen (secondary N) is 1. The van der Waals surface area contributed by atoms with Gasteiger partial charge in [0, 0.05) is 13.2 Å². The van der Waals surface area contributed by atoms with Gasteiger partial charge in [0.15, 0.2) is 0 Å². The van der Waals surface area contributed by atoms with Gasteiger partial charge in [0.25, 0.3) is 0 Å². The third kappa shape index (κ3) is 6.92. The molecule has 1 unspecified atom stereocenters. The Kier molecular flexibility index (Phi) is 8.84. The highest BCUT2D eigenvalue weighted by atomic mass is 16.5. The van der Waals surface area contributed by atoms with Crippen LogP contribution in [-0.2, 0) is 14.3 Å². The first-order valence-electron chi connectivity index (χ1n) is 7.75. The summed E-state index contributed by atoms with van der Waals surface area (Å²) in [6.07, 6.45) is 7.36. The molecule has 1 N–H and O–H groups in total. The summed E-state index contributed by atoms with van der Waals surface area (Å²) in [6, 6.07) is -0.226. The van der Waals surface area contributed by atoms with Crippen LogP contribution in [0, 0.1) is 5.92 Å². The van der Waals surface area contributed by atoms with Crippen molar-refractivity contribution in [3.63, 3.8) is 0 Å². The summed E-state index contributed by atoms with van der Waals surface area (Å²) in [6.45, 7) is 6.51. The number of esters is 1. The number of carbonyl (C=O) groups excluding carboxylic acids is 1. The molecule has 1 fully saturated rings. The van der Waals surface area contributed by atoms with E-state index in [2.05, 4.69) is 5.32 Å². The zero-order valence-corrected chi connectivity index (χ0v) is 12.5. The maximum atomic E-state index is 11.7. The van der Waals surface area contributed by atoms with E-state index in [0.717, 1.165) is 19.1 Å². The third-order valence-corrected chi connectivity index (χ3v) is 3.65. The summed E-state index contributed by atoms with van der Waals surface area (Å²) in [5, 5.41) is 3.15. The largest absolute Gasteiger partial charge is 0.465 e. The molecular formula is C15H29NO3. The Bertz CT molecular complexity index is 240. The van der Waals surface area contributed by atoms with Gasteiger partial charge in [-0.3, -0.25) is 4.79 Å². The van der Waals surface area contributed by atoms with E-state index in [0.29, 0.717) is 19.6 Å². The van der Waals surface area contributed by atoms with E-state index >= 15 is 0 Å². The predicted octanol–water partition coefficient (Wildman–Crippen LogP) is 2.51. The molecule has 0 radical (unpaired) electrons. The van der Waals surface area contributed by atoms with E-state index in [9.17, 15) is 4.79 Å². The maximum Gasteiger partial charge on any atom is 0.323 e. The van der Waals surface area contributed by atoms with Crippen molar-refractivity contribution in [1.82, 2.24) is 5.32 Å². The SMILES string of the molecule is CCNC(CCOCC1CCCCC1)C(=O)OCC. The molecule has 0 aromatic heterocycles. The molecule has 4 nitrogen and oxygen atoms in total. The number of ether oxygens (including phenoxy) is 2. The van der Waals surface area contributed by atoms with Crippen molar-refractivity contribution in [2.45, 2.75) is 58.4 Å². The van der Waals surface area contributed by atoms with Crippen LogP contribution in [0.5, 0.6) is 0 Å². The Morgan fingerprint density at radius 3 is 2.63 bits per heavy atom. The second-order valence-corrected chi connectivity index (χ2v) is 5.23. The zero-order valence-electron chi connectivity index (χ0n) is 12.5. The van der Waals surface area contributed by atoms with Crippen LogP contribution in [-0.4, -0.2) is 38.4 Å². The van der Waals surface area contributed by atoms with Gasteiger partial charge in [0.05, 0.1) is 6.61 Å². The van der Waals surface area contributed by atoms with Crippen molar-refractivity contribution in [1.29, 1.82) is 0 Å². The molecule has 1 saturated carbocycles. The molecule has 1 aliphatic carbocycles. The lowest BCUT2D eigenvalue weighted by Crippen LogP contribution is -2.39. The number of likely N-dealkylation sites (N-methyl/N-ethyl adjacent to an activating group) is 1. The second-order valence-electron chi connectivity index (χ2n) is 5.23. The fourth-order valence-corrected chi connectivity index (χ4v) is 2.60. The number of rotatable bonds is 9. The lowest BCUT2D eigenvalue weighted by molar-refractivity contribution is -0.146. The molecule has 0 heterocycles. The van der Waals surface area contributed by atoms with Gasteiger partial charge in [0.1, 0.15) is 6.04 Å². The molecule has 19 heavy (non-hydrogen) atoms. The summed E-state index contributed by atoms with van der Waals surface area (Å²) in [4.78, 5) is 11.7. The van der Waals surface area contributed by atoms with Gasteiger partial charge in [-0.05, 0) is 38.6 Å². The molecule has 0 saturated heterocycles. The second kappa shape index (κ2) is 10.2. The van der Waals surface area contributed by atoms with Crippen molar-refractivity contribution < 1.29 is 14.3 Å². The summed E-state index contributed by atoms with van der Waals surface area (Å²) < 4.78 is 10.8. The lowest BCUT2D eigenvalue weighted by atomic mass is 9.90. The Labute approximate surface area is 117 Å². The van der Waals surface area contributed by atoms with Gasteiger partial charge >= 0.3 is 5.97 Å². The first-order valence-corrected chi connectivity index (χ1v) is 7.75. The van der Waals surface area contributed by atoms with Crippen LogP contribution in [0.4, 0.5) is 0 Å². The monoisotopic (exact) mass is 271 g/mol. The first kappa shape index (κ1) is 16.4. The molecule has 0 aromatic carbocycles. The van der Waals surface area contributed by atoms with E-state index in [1.165, 1.54) is 32.1 Å². The van der Waals surface area contributed by atoms with Crippen LogP contribution in [0.3, 0.4) is 0 Å². The molecule has 0 aromatic rings. The maximum absolute atomic E-state index is 11.7. The summed E-state index contributed by atoms with van der Waals surface area (Å²) in [5.74, 6) is 0.569. The Balaban J connectivity index is 2.14. The molecule has 112 valence electrons. The molecule has 0 bridgehead atoms. The topological polar surface area (TPSA) is 47.6 Å². The summed E-state index contributed by atoms with van der Waals surface area (Å²) in [5.41, 5.74) is 0. The van der Waals surface area contributed by atoms with Crippen LogP contribution in [0.15, 0.2) is 0 Å². The van der Waals surface area contributed by atoms with E-state index in [4.69, 9.17) is 9.47 Å². The minimum atomic E-state index is -0.226. The van der Waals surface area contributed by atoms with E-state index in [1.807, 2.05) is 13.8 Å². The van der Waals surface area contributed by atoms with Crippen molar-refractivity contribution >= 4 is 5.97 Å². The van der Waals surface area contributed by atoms with Crippen LogP contribution in [0.2, 0.25) is 0 Å². The Hall–Kier alpha value is -0.610. The Morgan fingerprint density at radius 2 is 2.00 bits per heavy atom. The fourth-order valence-electron chi connectivity index (χ4n) is 2.60. The minimum Gasteiger partial charge on any atom is -0.465 e. The van der Waals surface area contributed by atoms with Gasteiger partial charge in [-0.15, -0.1) is 0 Å². The first-order chi connectivity index (χ1) is 9.27. The van der Waals surface area contributed by atoms with Crippen molar-refractivity contribution in [3.05, 3.63) is 0 Å². The van der Waals surface area contributed by atoms with Crippen molar-refractivity contribution in [2.75, 3.05) is 26.4 Å². The standard InChI is InChI=1S/C15H29NO3/c1-3-16-14(15(17)19-4-2)10-11-18-12-13-8-6-5-7-9-13/h13-14,16H,3-12H2,1-2H3. The van der Waals surface area contributed by atoms with Gasteiger partial charge < -0.3 is 14.8 Å². The lowest BCUT2D eigenvalue weighted by Gasteiger charge is -2.22. The third-order valence-electron chi connectivity index (χ3n) is 3.65. The molecule has 1 atom stereocenters. The zero-order chi connectivity index (χ0) is 13.9. The van der Waals surface area contributed by atoms with Crippen LogP contribution in [0.25, 0.3) is 0 Å². The number of carbonyl (C=O) groups is 1. The number of hydrogen-bond donors (Lipinski definition) is 1. The van der Waals surface area contributed by atoms with Crippen molar-refractivity contribution in [3.8, 4) is 0 Å². The van der Waals surface area contributed by atoms with Gasteiger partial charge in [-0.25, -0.2) is 0 Å². The van der Waals surface area contributed by atoms with Crippen LogP contribution >= 0.6 is 0 Å². The van der Waals surface area contributed by atoms with Crippen LogP contribution < -0.4 is 5.32 Å². The highest BCUT2D eigenvalue weighted by Crippen LogP contribution is 2.23. The minimum absolute atomic E-state index is 0.161. The van der Waals surface area contributed by atoms with Gasteiger partial charge in [0.2, 0.25) is 0 Å². The molecule has 4 heteroatoms. The highest BCUT2D eigenvalue weighted by molar-refractivity contribution is 5.75.